The summed E-state index contributed by atoms with van der Waals surface area (Å²) in [5.74, 6) is -0.426. The molecule has 0 spiro atoms. The van der Waals surface area contributed by atoms with Crippen molar-refractivity contribution < 1.29 is 18.0 Å². The van der Waals surface area contributed by atoms with Gasteiger partial charge in [0.25, 0.3) is 5.91 Å². The molecule has 0 aliphatic carbocycles. The Balaban J connectivity index is 1.74. The molecule has 148 valence electrons. The molecule has 1 aromatic heterocycles. The van der Waals surface area contributed by atoms with Gasteiger partial charge in [-0.2, -0.15) is 13.2 Å². The lowest BCUT2D eigenvalue weighted by Crippen LogP contribution is -2.42. The lowest BCUT2D eigenvalue weighted by molar-refractivity contribution is -0.138. The number of carbonyl (C=O) groups is 1. The fourth-order valence-electron chi connectivity index (χ4n) is 3.72. The minimum Gasteiger partial charge on any atom is -0.337 e. The van der Waals surface area contributed by atoms with E-state index in [1.165, 1.54) is 6.07 Å². The summed E-state index contributed by atoms with van der Waals surface area (Å²) in [6.07, 6.45) is -1.74. The SMILES string of the molecule is CN=C(C(=O)N1CCC(c2ccccc2C(F)(F)F)CC1)c1cccnc1C. The summed E-state index contributed by atoms with van der Waals surface area (Å²) >= 11 is 0. The Hall–Kier alpha value is -2.70. The molecular formula is C21H22F3N3O. The molecule has 1 aliphatic heterocycles. The number of piperidine rings is 1. The van der Waals surface area contributed by atoms with Crippen molar-refractivity contribution in [1.82, 2.24) is 9.88 Å². The first-order chi connectivity index (χ1) is 13.3. The number of nitrogens with zero attached hydrogens (tertiary/aromatic N) is 3. The molecular weight excluding hydrogens is 367 g/mol. The van der Waals surface area contributed by atoms with E-state index in [2.05, 4.69) is 9.98 Å². The van der Waals surface area contributed by atoms with Gasteiger partial charge in [0.1, 0.15) is 5.71 Å². The Morgan fingerprint density at radius 1 is 1.14 bits per heavy atom. The van der Waals surface area contributed by atoms with Crippen LogP contribution in [0.2, 0.25) is 0 Å². The van der Waals surface area contributed by atoms with Gasteiger partial charge in [-0.3, -0.25) is 14.8 Å². The first-order valence-electron chi connectivity index (χ1n) is 9.17. The number of likely N-dealkylation sites (tertiary alicyclic amines) is 1. The van der Waals surface area contributed by atoms with Gasteiger partial charge in [0.2, 0.25) is 0 Å². The zero-order valence-corrected chi connectivity index (χ0v) is 15.8. The highest BCUT2D eigenvalue weighted by molar-refractivity contribution is 6.45. The smallest absolute Gasteiger partial charge is 0.337 e. The minimum absolute atomic E-state index is 0.207. The number of halogens is 3. The van der Waals surface area contributed by atoms with Crippen LogP contribution in [0.15, 0.2) is 47.6 Å². The summed E-state index contributed by atoms with van der Waals surface area (Å²) in [6.45, 7) is 2.61. The first kappa shape index (κ1) is 20.0. The van der Waals surface area contributed by atoms with E-state index in [1.54, 1.807) is 42.4 Å². The molecule has 4 nitrogen and oxygen atoms in total. The highest BCUT2D eigenvalue weighted by atomic mass is 19.4. The number of pyridine rings is 1. The molecule has 0 unspecified atom stereocenters. The van der Waals surface area contributed by atoms with Gasteiger partial charge in [-0.25, -0.2) is 0 Å². The van der Waals surface area contributed by atoms with Gasteiger partial charge in [-0.1, -0.05) is 18.2 Å². The van der Waals surface area contributed by atoms with Crippen LogP contribution in [0.1, 0.15) is 41.1 Å². The highest BCUT2D eigenvalue weighted by Gasteiger charge is 2.36. The number of hydrogen-bond donors (Lipinski definition) is 0. The molecule has 0 bridgehead atoms. The van der Waals surface area contributed by atoms with Crippen LogP contribution in [0.5, 0.6) is 0 Å². The van der Waals surface area contributed by atoms with E-state index in [1.807, 2.05) is 6.92 Å². The fraction of sp³-hybridized carbons (Fsp3) is 0.381. The first-order valence-corrected chi connectivity index (χ1v) is 9.17. The van der Waals surface area contributed by atoms with Gasteiger partial charge < -0.3 is 4.90 Å². The second-order valence-electron chi connectivity index (χ2n) is 6.86. The molecule has 7 heteroatoms. The van der Waals surface area contributed by atoms with Crippen molar-refractivity contribution in [3.05, 3.63) is 65.0 Å². The number of aromatic nitrogens is 1. The molecule has 1 amide bonds. The predicted octanol–water partition coefficient (Wildman–Crippen LogP) is 4.23. The van der Waals surface area contributed by atoms with Crippen LogP contribution >= 0.6 is 0 Å². The largest absolute Gasteiger partial charge is 0.416 e. The van der Waals surface area contributed by atoms with Crippen molar-refractivity contribution >= 4 is 11.6 Å². The van der Waals surface area contributed by atoms with Gasteiger partial charge >= 0.3 is 6.18 Å². The molecule has 3 rings (SSSR count). The maximum atomic E-state index is 13.3. The van der Waals surface area contributed by atoms with Crippen molar-refractivity contribution in [2.75, 3.05) is 20.1 Å². The average molecular weight is 389 g/mol. The Morgan fingerprint density at radius 3 is 2.43 bits per heavy atom. The zero-order chi connectivity index (χ0) is 20.3. The van der Waals surface area contributed by atoms with Crippen molar-refractivity contribution in [1.29, 1.82) is 0 Å². The standard InChI is InChI=1S/C21H22F3N3O/c1-14-16(7-5-11-26-14)19(25-2)20(28)27-12-9-15(10-13-27)17-6-3-4-8-18(17)21(22,23)24/h3-8,11,15H,9-10,12-13H2,1-2H3. The molecule has 2 heterocycles. The quantitative estimate of drug-likeness (QED) is 0.738. The summed E-state index contributed by atoms with van der Waals surface area (Å²) in [6, 6.07) is 9.26. The topological polar surface area (TPSA) is 45.6 Å². The maximum Gasteiger partial charge on any atom is 0.416 e. The average Bonchev–Trinajstić information content (AvgIpc) is 2.69. The van der Waals surface area contributed by atoms with E-state index >= 15 is 0 Å². The van der Waals surface area contributed by atoms with E-state index in [9.17, 15) is 18.0 Å². The Labute approximate surface area is 162 Å². The number of hydrogen-bond acceptors (Lipinski definition) is 3. The third kappa shape index (κ3) is 4.08. The summed E-state index contributed by atoms with van der Waals surface area (Å²) < 4.78 is 39.9. The number of benzene rings is 1. The van der Waals surface area contributed by atoms with Crippen molar-refractivity contribution in [3.8, 4) is 0 Å². The van der Waals surface area contributed by atoms with E-state index < -0.39 is 11.7 Å². The van der Waals surface area contributed by atoms with E-state index in [0.717, 1.165) is 6.07 Å². The summed E-state index contributed by atoms with van der Waals surface area (Å²) in [7, 11) is 1.56. The fourth-order valence-corrected chi connectivity index (χ4v) is 3.72. The Kier molecular flexibility index (Phi) is 5.82. The number of rotatable bonds is 3. The van der Waals surface area contributed by atoms with Crippen LogP contribution in [0.25, 0.3) is 0 Å². The van der Waals surface area contributed by atoms with Crippen LogP contribution < -0.4 is 0 Å². The zero-order valence-electron chi connectivity index (χ0n) is 15.8. The van der Waals surface area contributed by atoms with Crippen molar-refractivity contribution in [2.24, 2.45) is 4.99 Å². The lowest BCUT2D eigenvalue weighted by Gasteiger charge is -2.33. The van der Waals surface area contributed by atoms with Crippen molar-refractivity contribution in [3.63, 3.8) is 0 Å². The monoisotopic (exact) mass is 389 g/mol. The molecule has 0 atom stereocenters. The van der Waals surface area contributed by atoms with Gasteiger partial charge in [0.15, 0.2) is 0 Å². The third-order valence-corrected chi connectivity index (χ3v) is 5.18. The summed E-state index contributed by atoms with van der Waals surface area (Å²) in [4.78, 5) is 23.0. The van der Waals surface area contributed by atoms with E-state index in [4.69, 9.17) is 0 Å². The van der Waals surface area contributed by atoms with Crippen molar-refractivity contribution in [2.45, 2.75) is 31.9 Å². The van der Waals surface area contributed by atoms with Gasteiger partial charge in [0.05, 0.1) is 5.56 Å². The van der Waals surface area contributed by atoms with Gasteiger partial charge in [-0.15, -0.1) is 0 Å². The normalized spacial score (nSPS) is 16.3. The molecule has 28 heavy (non-hydrogen) atoms. The molecule has 1 fully saturated rings. The highest BCUT2D eigenvalue weighted by Crippen LogP contribution is 2.38. The minimum atomic E-state index is -4.37. The molecule has 2 aromatic rings. The molecule has 0 radical (unpaired) electrons. The number of aliphatic imine (C=N–C) groups is 1. The maximum absolute atomic E-state index is 13.3. The van der Waals surface area contributed by atoms with Gasteiger partial charge in [0, 0.05) is 37.6 Å². The number of carbonyl (C=O) groups excluding carboxylic acids is 1. The molecule has 1 saturated heterocycles. The third-order valence-electron chi connectivity index (χ3n) is 5.18. The molecule has 1 aromatic carbocycles. The Morgan fingerprint density at radius 2 is 1.82 bits per heavy atom. The van der Waals surface area contributed by atoms with Crippen LogP contribution in [-0.2, 0) is 11.0 Å². The summed E-state index contributed by atoms with van der Waals surface area (Å²) in [5.41, 5.74) is 1.46. The second kappa shape index (κ2) is 8.12. The van der Waals surface area contributed by atoms with Crippen LogP contribution in [0, 0.1) is 6.92 Å². The number of alkyl halides is 3. The lowest BCUT2D eigenvalue weighted by atomic mass is 9.86. The Bertz CT molecular complexity index is 884. The molecule has 1 aliphatic rings. The summed E-state index contributed by atoms with van der Waals surface area (Å²) in [5, 5.41) is 0. The van der Waals surface area contributed by atoms with Crippen LogP contribution in [0.4, 0.5) is 13.2 Å². The number of amides is 1. The van der Waals surface area contributed by atoms with E-state index in [0.29, 0.717) is 48.5 Å². The molecule has 0 N–H and O–H groups in total. The van der Waals surface area contributed by atoms with Crippen LogP contribution in [0.3, 0.4) is 0 Å². The van der Waals surface area contributed by atoms with Crippen LogP contribution in [-0.4, -0.2) is 41.6 Å². The number of aryl methyl sites for hydroxylation is 1. The van der Waals surface area contributed by atoms with E-state index in [-0.39, 0.29) is 11.8 Å². The second-order valence-corrected chi connectivity index (χ2v) is 6.86. The van der Waals surface area contributed by atoms with Gasteiger partial charge in [-0.05, 0) is 49.4 Å². The molecule has 0 saturated carbocycles. The predicted molar refractivity (Wildman–Crippen MR) is 101 cm³/mol.